The van der Waals surface area contributed by atoms with E-state index in [2.05, 4.69) is 10.4 Å². The first-order valence-corrected chi connectivity index (χ1v) is 9.74. The molecule has 1 N–H and O–H groups in total. The van der Waals surface area contributed by atoms with Crippen molar-refractivity contribution >= 4 is 15.5 Å². The van der Waals surface area contributed by atoms with E-state index in [1.54, 1.807) is 31.3 Å². The number of anilines is 1. The molecule has 0 aliphatic heterocycles. The van der Waals surface area contributed by atoms with Gasteiger partial charge in [0.1, 0.15) is 0 Å². The standard InChI is InChI=1S/C18H16F3N3O2S/c1-22-13-5-7-14(8-6-13)24-16(11-17(23-24)18(19,20)21)12-3-9-15(10-4-12)27(2,25)26/h3-11,22H,1-2H3. The molecule has 0 spiro atoms. The van der Waals surface area contributed by atoms with Crippen LogP contribution in [0.2, 0.25) is 0 Å². The van der Waals surface area contributed by atoms with Crippen molar-refractivity contribution in [2.75, 3.05) is 18.6 Å². The molecule has 0 saturated carbocycles. The lowest BCUT2D eigenvalue weighted by molar-refractivity contribution is -0.141. The van der Waals surface area contributed by atoms with Gasteiger partial charge >= 0.3 is 6.18 Å². The summed E-state index contributed by atoms with van der Waals surface area (Å²) in [5, 5.41) is 6.64. The summed E-state index contributed by atoms with van der Waals surface area (Å²) < 4.78 is 63.9. The largest absolute Gasteiger partial charge is 0.435 e. The smallest absolute Gasteiger partial charge is 0.388 e. The zero-order valence-corrected chi connectivity index (χ0v) is 15.3. The third-order valence-corrected chi connectivity index (χ3v) is 5.11. The van der Waals surface area contributed by atoms with E-state index in [0.717, 1.165) is 18.0 Å². The van der Waals surface area contributed by atoms with Crippen molar-refractivity contribution in [3.63, 3.8) is 0 Å². The molecule has 142 valence electrons. The van der Waals surface area contributed by atoms with Crippen LogP contribution in [0.25, 0.3) is 16.9 Å². The van der Waals surface area contributed by atoms with Crippen molar-refractivity contribution in [1.82, 2.24) is 9.78 Å². The Morgan fingerprint density at radius 2 is 1.59 bits per heavy atom. The number of sulfone groups is 1. The molecule has 27 heavy (non-hydrogen) atoms. The van der Waals surface area contributed by atoms with Crippen molar-refractivity contribution in [3.8, 4) is 16.9 Å². The van der Waals surface area contributed by atoms with Gasteiger partial charge in [-0.05, 0) is 42.5 Å². The normalized spacial score (nSPS) is 12.2. The first kappa shape index (κ1) is 19.0. The molecule has 9 heteroatoms. The van der Waals surface area contributed by atoms with Crippen LogP contribution in [0.1, 0.15) is 5.69 Å². The van der Waals surface area contributed by atoms with Crippen LogP contribution in [0.5, 0.6) is 0 Å². The number of hydrogen-bond acceptors (Lipinski definition) is 4. The van der Waals surface area contributed by atoms with Crippen molar-refractivity contribution in [1.29, 1.82) is 0 Å². The Morgan fingerprint density at radius 1 is 1.00 bits per heavy atom. The van der Waals surface area contributed by atoms with Crippen LogP contribution in [0.3, 0.4) is 0 Å². The van der Waals surface area contributed by atoms with Crippen LogP contribution in [0.15, 0.2) is 59.5 Å². The number of benzene rings is 2. The van der Waals surface area contributed by atoms with Gasteiger partial charge in [0.15, 0.2) is 15.5 Å². The summed E-state index contributed by atoms with van der Waals surface area (Å²) >= 11 is 0. The number of nitrogens with one attached hydrogen (secondary N) is 1. The number of rotatable bonds is 4. The minimum Gasteiger partial charge on any atom is -0.388 e. The molecule has 0 bridgehead atoms. The quantitative estimate of drug-likeness (QED) is 0.725. The first-order valence-electron chi connectivity index (χ1n) is 7.85. The molecular weight excluding hydrogens is 379 g/mol. The Morgan fingerprint density at radius 3 is 2.07 bits per heavy atom. The SMILES string of the molecule is CNc1ccc(-n2nc(C(F)(F)F)cc2-c2ccc(S(C)(=O)=O)cc2)cc1. The fourth-order valence-corrected chi connectivity index (χ4v) is 3.19. The maximum Gasteiger partial charge on any atom is 0.435 e. The summed E-state index contributed by atoms with van der Waals surface area (Å²) in [7, 11) is -1.66. The van der Waals surface area contributed by atoms with E-state index in [1.807, 2.05) is 0 Å². The Hall–Kier alpha value is -2.81. The molecule has 1 aromatic heterocycles. The van der Waals surface area contributed by atoms with Gasteiger partial charge < -0.3 is 5.32 Å². The Balaban J connectivity index is 2.14. The van der Waals surface area contributed by atoms with E-state index in [0.29, 0.717) is 11.3 Å². The second-order valence-electron chi connectivity index (χ2n) is 5.92. The average molecular weight is 395 g/mol. The Labute approximate surface area is 154 Å². The van der Waals surface area contributed by atoms with E-state index >= 15 is 0 Å². The topological polar surface area (TPSA) is 64.0 Å². The van der Waals surface area contributed by atoms with E-state index in [4.69, 9.17) is 0 Å². The molecule has 0 atom stereocenters. The number of halogens is 3. The van der Waals surface area contributed by atoms with Gasteiger partial charge in [0, 0.05) is 24.6 Å². The summed E-state index contributed by atoms with van der Waals surface area (Å²) in [6.45, 7) is 0. The zero-order valence-electron chi connectivity index (χ0n) is 14.4. The summed E-state index contributed by atoms with van der Waals surface area (Å²) in [4.78, 5) is 0.0896. The molecule has 2 aromatic carbocycles. The molecule has 3 aromatic rings. The molecule has 0 unspecified atom stereocenters. The molecular formula is C18H16F3N3O2S. The lowest BCUT2D eigenvalue weighted by Crippen LogP contribution is -2.07. The molecule has 0 aliphatic carbocycles. The predicted molar refractivity (Wildman–Crippen MR) is 96.7 cm³/mol. The number of hydrogen-bond donors (Lipinski definition) is 1. The van der Waals surface area contributed by atoms with Crippen LogP contribution in [0.4, 0.5) is 18.9 Å². The van der Waals surface area contributed by atoms with E-state index in [1.165, 1.54) is 28.9 Å². The lowest BCUT2D eigenvalue weighted by atomic mass is 10.1. The van der Waals surface area contributed by atoms with Crippen LogP contribution in [0, 0.1) is 0 Å². The van der Waals surface area contributed by atoms with Gasteiger partial charge in [-0.3, -0.25) is 0 Å². The van der Waals surface area contributed by atoms with Gasteiger partial charge in [0.2, 0.25) is 0 Å². The van der Waals surface area contributed by atoms with Crippen molar-refractivity contribution in [2.24, 2.45) is 0 Å². The molecule has 0 radical (unpaired) electrons. The minimum atomic E-state index is -4.60. The van der Waals surface area contributed by atoms with Crippen LogP contribution in [-0.4, -0.2) is 31.5 Å². The van der Waals surface area contributed by atoms with Gasteiger partial charge in [0.05, 0.1) is 16.3 Å². The second-order valence-corrected chi connectivity index (χ2v) is 7.93. The molecule has 3 rings (SSSR count). The maximum absolute atomic E-state index is 13.2. The predicted octanol–water partition coefficient (Wildman–Crippen LogP) is 4.00. The summed E-state index contributed by atoms with van der Waals surface area (Å²) in [6, 6.07) is 13.3. The van der Waals surface area contributed by atoms with E-state index in [-0.39, 0.29) is 10.6 Å². The highest BCUT2D eigenvalue weighted by atomic mass is 32.2. The molecule has 0 amide bonds. The van der Waals surface area contributed by atoms with Crippen molar-refractivity contribution in [3.05, 3.63) is 60.3 Å². The second kappa shape index (κ2) is 6.73. The number of nitrogens with zero attached hydrogens (tertiary/aromatic N) is 2. The highest BCUT2D eigenvalue weighted by Crippen LogP contribution is 2.33. The molecule has 5 nitrogen and oxygen atoms in total. The van der Waals surface area contributed by atoms with Gasteiger partial charge in [-0.15, -0.1) is 0 Å². The first-order chi connectivity index (χ1) is 12.6. The van der Waals surface area contributed by atoms with Crippen molar-refractivity contribution < 1.29 is 21.6 Å². The highest BCUT2D eigenvalue weighted by molar-refractivity contribution is 7.90. The zero-order chi connectivity index (χ0) is 19.8. The fraction of sp³-hybridized carbons (Fsp3) is 0.167. The van der Waals surface area contributed by atoms with E-state index < -0.39 is 21.7 Å². The van der Waals surface area contributed by atoms with Gasteiger partial charge in [-0.2, -0.15) is 18.3 Å². The Kier molecular flexibility index (Phi) is 4.73. The molecule has 0 saturated heterocycles. The monoisotopic (exact) mass is 395 g/mol. The minimum absolute atomic E-state index is 0.0896. The third kappa shape index (κ3) is 3.97. The highest BCUT2D eigenvalue weighted by Gasteiger charge is 2.35. The maximum atomic E-state index is 13.2. The van der Waals surface area contributed by atoms with Gasteiger partial charge in [-0.1, -0.05) is 12.1 Å². The van der Waals surface area contributed by atoms with Crippen LogP contribution >= 0.6 is 0 Å². The summed E-state index contributed by atoms with van der Waals surface area (Å²) in [5.74, 6) is 0. The third-order valence-electron chi connectivity index (χ3n) is 3.98. The number of alkyl halides is 3. The van der Waals surface area contributed by atoms with Crippen molar-refractivity contribution in [2.45, 2.75) is 11.1 Å². The lowest BCUT2D eigenvalue weighted by Gasteiger charge is -2.09. The number of aromatic nitrogens is 2. The molecule has 1 heterocycles. The van der Waals surface area contributed by atoms with Crippen LogP contribution in [-0.2, 0) is 16.0 Å². The summed E-state index contributed by atoms with van der Waals surface area (Å²) in [6.07, 6.45) is -3.53. The fourth-order valence-electron chi connectivity index (χ4n) is 2.56. The van der Waals surface area contributed by atoms with Gasteiger partial charge in [-0.25, -0.2) is 13.1 Å². The molecule has 0 aliphatic rings. The van der Waals surface area contributed by atoms with Gasteiger partial charge in [0.25, 0.3) is 0 Å². The van der Waals surface area contributed by atoms with Crippen LogP contribution < -0.4 is 5.32 Å². The Bertz CT molecular complexity index is 1050. The summed E-state index contributed by atoms with van der Waals surface area (Å²) in [5.41, 5.74) is 0.859. The van der Waals surface area contributed by atoms with E-state index in [9.17, 15) is 21.6 Å². The molecule has 0 fully saturated rings. The average Bonchev–Trinajstić information content (AvgIpc) is 3.07.